The Kier molecular flexibility index (Phi) is 8.92. The monoisotopic (exact) mass is 410 g/mol. The molecule has 0 unspecified atom stereocenters. The SMILES string of the molecule is CCN(CC)S(=O)(=O)c1ccc([C@H](C)[NH2+]CC(=O)N2CCCCCCC2)cc1. The van der Waals surface area contributed by atoms with E-state index in [1.165, 1.54) is 23.6 Å². The number of benzene rings is 1. The molecule has 0 spiro atoms. The Morgan fingerprint density at radius 2 is 1.57 bits per heavy atom. The molecule has 158 valence electrons. The molecule has 1 aliphatic rings. The van der Waals surface area contributed by atoms with Crippen molar-refractivity contribution in [1.82, 2.24) is 9.21 Å². The van der Waals surface area contributed by atoms with Gasteiger partial charge in [-0.2, -0.15) is 4.31 Å². The quantitative estimate of drug-likeness (QED) is 0.713. The van der Waals surface area contributed by atoms with Crippen molar-refractivity contribution >= 4 is 15.9 Å². The van der Waals surface area contributed by atoms with Crippen molar-refractivity contribution in [2.75, 3.05) is 32.7 Å². The highest BCUT2D eigenvalue weighted by molar-refractivity contribution is 7.89. The van der Waals surface area contributed by atoms with Crippen molar-refractivity contribution in [3.05, 3.63) is 29.8 Å². The van der Waals surface area contributed by atoms with Crippen LogP contribution in [0.4, 0.5) is 0 Å². The zero-order chi connectivity index (χ0) is 20.6. The van der Waals surface area contributed by atoms with E-state index in [0.717, 1.165) is 31.5 Å². The molecule has 0 bridgehead atoms. The van der Waals surface area contributed by atoms with E-state index in [0.29, 0.717) is 24.5 Å². The Hall–Kier alpha value is -1.44. The summed E-state index contributed by atoms with van der Waals surface area (Å²) in [5, 5.41) is 2.04. The first-order valence-electron chi connectivity index (χ1n) is 10.6. The van der Waals surface area contributed by atoms with Gasteiger partial charge in [-0.1, -0.05) is 45.2 Å². The molecule has 1 saturated heterocycles. The minimum absolute atomic E-state index is 0.101. The van der Waals surface area contributed by atoms with Crippen LogP contribution in [0.15, 0.2) is 29.2 Å². The standard InChI is InChI=1S/C21H35N3O3S/c1-4-24(5-2)28(26,27)20-13-11-19(12-14-20)18(3)22-17-21(25)23-15-9-7-6-8-10-16-23/h11-14,18,22H,4-10,15-17H2,1-3H3/p+1/t18-/m0/s1. The summed E-state index contributed by atoms with van der Waals surface area (Å²) in [5.74, 6) is 0.203. The van der Waals surface area contributed by atoms with Crippen molar-refractivity contribution in [2.45, 2.75) is 63.8 Å². The van der Waals surface area contributed by atoms with Gasteiger partial charge in [0, 0.05) is 31.7 Å². The molecule has 2 rings (SSSR count). The lowest BCUT2D eigenvalue weighted by molar-refractivity contribution is -0.683. The van der Waals surface area contributed by atoms with Crippen LogP contribution in [0.25, 0.3) is 0 Å². The van der Waals surface area contributed by atoms with E-state index in [1.54, 1.807) is 12.1 Å². The van der Waals surface area contributed by atoms with Crippen LogP contribution in [0.5, 0.6) is 0 Å². The Morgan fingerprint density at radius 3 is 2.11 bits per heavy atom. The lowest BCUT2D eigenvalue weighted by Gasteiger charge is -2.24. The molecule has 0 aromatic heterocycles. The molecule has 0 aliphatic carbocycles. The fourth-order valence-electron chi connectivity index (χ4n) is 3.70. The molecule has 28 heavy (non-hydrogen) atoms. The molecule has 2 N–H and O–H groups in total. The Bertz CT molecular complexity index is 707. The Labute approximate surface area is 170 Å². The predicted molar refractivity (Wildman–Crippen MR) is 111 cm³/mol. The predicted octanol–water partition coefficient (Wildman–Crippen LogP) is 2.13. The van der Waals surface area contributed by atoms with E-state index in [2.05, 4.69) is 6.92 Å². The van der Waals surface area contributed by atoms with Gasteiger partial charge in [0.05, 0.1) is 4.90 Å². The molecule has 6 nitrogen and oxygen atoms in total. The molecule has 1 atom stereocenters. The number of rotatable bonds is 8. The summed E-state index contributed by atoms with van der Waals surface area (Å²) in [4.78, 5) is 14.9. The van der Waals surface area contributed by atoms with Crippen molar-refractivity contribution in [2.24, 2.45) is 0 Å². The van der Waals surface area contributed by atoms with E-state index in [1.807, 2.05) is 36.2 Å². The summed E-state index contributed by atoms with van der Waals surface area (Å²) in [6, 6.07) is 7.17. The zero-order valence-corrected chi connectivity index (χ0v) is 18.4. The van der Waals surface area contributed by atoms with E-state index in [4.69, 9.17) is 0 Å². The van der Waals surface area contributed by atoms with Crippen molar-refractivity contribution < 1.29 is 18.5 Å². The number of carbonyl (C=O) groups excluding carboxylic acids is 1. The van der Waals surface area contributed by atoms with Gasteiger partial charge in [0.15, 0.2) is 6.54 Å². The van der Waals surface area contributed by atoms with Gasteiger partial charge in [-0.15, -0.1) is 0 Å². The lowest BCUT2D eigenvalue weighted by atomic mass is 10.1. The fourth-order valence-corrected chi connectivity index (χ4v) is 5.15. The van der Waals surface area contributed by atoms with E-state index < -0.39 is 10.0 Å². The molecular weight excluding hydrogens is 374 g/mol. The molecule has 1 aromatic rings. The smallest absolute Gasteiger partial charge is 0.277 e. The third-order valence-corrected chi connectivity index (χ3v) is 7.67. The molecule has 0 saturated carbocycles. The summed E-state index contributed by atoms with van der Waals surface area (Å²) in [5.41, 5.74) is 1.03. The van der Waals surface area contributed by atoms with Gasteiger partial charge in [-0.05, 0) is 31.9 Å². The third-order valence-electron chi connectivity index (χ3n) is 5.60. The van der Waals surface area contributed by atoms with E-state index in [-0.39, 0.29) is 11.9 Å². The molecule has 1 amide bonds. The van der Waals surface area contributed by atoms with Gasteiger partial charge in [-0.3, -0.25) is 4.79 Å². The van der Waals surface area contributed by atoms with Crippen LogP contribution in [0.1, 0.15) is 64.5 Å². The van der Waals surface area contributed by atoms with Crippen LogP contribution in [0, 0.1) is 0 Å². The second kappa shape index (κ2) is 10.9. The maximum Gasteiger partial charge on any atom is 0.277 e. The van der Waals surface area contributed by atoms with Crippen molar-refractivity contribution in [3.8, 4) is 0 Å². The summed E-state index contributed by atoms with van der Waals surface area (Å²) in [6.07, 6.45) is 5.91. The highest BCUT2D eigenvalue weighted by Crippen LogP contribution is 2.18. The molecular formula is C21H36N3O3S+. The van der Waals surface area contributed by atoms with E-state index >= 15 is 0 Å². The van der Waals surface area contributed by atoms with Crippen molar-refractivity contribution in [3.63, 3.8) is 0 Å². The zero-order valence-electron chi connectivity index (χ0n) is 17.6. The largest absolute Gasteiger partial charge is 0.338 e. The highest BCUT2D eigenvalue weighted by Gasteiger charge is 2.22. The average molecular weight is 411 g/mol. The van der Waals surface area contributed by atoms with Gasteiger partial charge in [0.1, 0.15) is 6.04 Å². The first-order valence-corrected chi connectivity index (χ1v) is 12.0. The Balaban J connectivity index is 1.93. The second-order valence-electron chi connectivity index (χ2n) is 7.54. The first-order chi connectivity index (χ1) is 13.4. The summed E-state index contributed by atoms with van der Waals surface area (Å²) in [6.45, 7) is 8.84. The summed E-state index contributed by atoms with van der Waals surface area (Å²) >= 11 is 0. The first kappa shape index (κ1) is 22.8. The van der Waals surface area contributed by atoms with Crippen LogP contribution in [-0.4, -0.2) is 56.3 Å². The molecule has 1 fully saturated rings. The van der Waals surface area contributed by atoms with Crippen LogP contribution in [-0.2, 0) is 14.8 Å². The van der Waals surface area contributed by atoms with Crippen LogP contribution in [0.2, 0.25) is 0 Å². The number of nitrogens with two attached hydrogens (primary N) is 1. The number of sulfonamides is 1. The molecule has 7 heteroatoms. The summed E-state index contributed by atoms with van der Waals surface area (Å²) < 4.78 is 26.6. The molecule has 1 aliphatic heterocycles. The number of hydrogen-bond donors (Lipinski definition) is 1. The highest BCUT2D eigenvalue weighted by atomic mass is 32.2. The van der Waals surface area contributed by atoms with Gasteiger partial charge in [0.25, 0.3) is 5.91 Å². The van der Waals surface area contributed by atoms with Gasteiger partial charge in [-0.25, -0.2) is 8.42 Å². The maximum absolute atomic E-state index is 12.6. The molecule has 1 aromatic carbocycles. The van der Waals surface area contributed by atoms with E-state index in [9.17, 15) is 13.2 Å². The minimum atomic E-state index is -3.43. The van der Waals surface area contributed by atoms with Crippen LogP contribution < -0.4 is 5.32 Å². The Morgan fingerprint density at radius 1 is 1.04 bits per heavy atom. The topological polar surface area (TPSA) is 74.3 Å². The van der Waals surface area contributed by atoms with Crippen LogP contribution in [0.3, 0.4) is 0 Å². The number of nitrogens with zero attached hydrogens (tertiary/aromatic N) is 2. The third kappa shape index (κ3) is 6.03. The lowest BCUT2D eigenvalue weighted by Crippen LogP contribution is -2.87. The van der Waals surface area contributed by atoms with Crippen molar-refractivity contribution in [1.29, 1.82) is 0 Å². The molecule has 0 radical (unpaired) electrons. The number of quaternary nitrogens is 1. The maximum atomic E-state index is 12.6. The summed E-state index contributed by atoms with van der Waals surface area (Å²) in [7, 11) is -3.43. The number of carbonyl (C=O) groups is 1. The fraction of sp³-hybridized carbons (Fsp3) is 0.667. The van der Waals surface area contributed by atoms with Crippen LogP contribution >= 0.6 is 0 Å². The van der Waals surface area contributed by atoms with Gasteiger partial charge in [0.2, 0.25) is 10.0 Å². The number of amides is 1. The minimum Gasteiger partial charge on any atom is -0.338 e. The van der Waals surface area contributed by atoms with Gasteiger partial charge >= 0.3 is 0 Å². The van der Waals surface area contributed by atoms with Gasteiger partial charge < -0.3 is 10.2 Å². The average Bonchev–Trinajstić information content (AvgIpc) is 2.66. The second-order valence-corrected chi connectivity index (χ2v) is 9.47. The number of likely N-dealkylation sites (tertiary alicyclic amines) is 1. The molecule has 1 heterocycles. The normalized spacial score (nSPS) is 17.2. The number of hydrogen-bond acceptors (Lipinski definition) is 3.